The molecule has 1 fully saturated rings. The Hall–Kier alpha value is -3.08. The number of nitriles is 1. The van der Waals surface area contributed by atoms with E-state index < -0.39 is 11.7 Å². The second-order valence-electron chi connectivity index (χ2n) is 5.93. The quantitative estimate of drug-likeness (QED) is 0.825. The molecule has 0 saturated carbocycles. The van der Waals surface area contributed by atoms with Gasteiger partial charge in [0.05, 0.1) is 30.3 Å². The Labute approximate surface area is 148 Å². The van der Waals surface area contributed by atoms with Gasteiger partial charge in [0.2, 0.25) is 0 Å². The van der Waals surface area contributed by atoms with E-state index >= 15 is 0 Å². The minimum absolute atomic E-state index is 0.120. The highest BCUT2D eigenvalue weighted by atomic mass is 19.4. The minimum Gasteiger partial charge on any atom is -0.331 e. The normalized spacial score (nSPS) is 14.8. The van der Waals surface area contributed by atoms with Gasteiger partial charge in [-0.15, -0.1) is 0 Å². The fourth-order valence-corrected chi connectivity index (χ4v) is 2.81. The fourth-order valence-electron chi connectivity index (χ4n) is 2.81. The summed E-state index contributed by atoms with van der Waals surface area (Å²) in [6.45, 7) is 1.97. The average Bonchev–Trinajstić information content (AvgIpc) is 2.67. The van der Waals surface area contributed by atoms with E-state index in [0.717, 1.165) is 12.3 Å². The number of carbonyl (C=O) groups excluding carboxylic acids is 1. The molecule has 1 saturated heterocycles. The number of H-pyrrole nitrogens is 1. The molecule has 1 aromatic heterocycles. The summed E-state index contributed by atoms with van der Waals surface area (Å²) in [5, 5.41) is 8.80. The number of hydrogen-bond acceptors (Lipinski definition) is 3. The van der Waals surface area contributed by atoms with Crippen molar-refractivity contribution in [3.8, 4) is 6.07 Å². The molecule has 26 heavy (non-hydrogen) atoms. The molecule has 2 heterocycles. The Kier molecular flexibility index (Phi) is 4.80. The van der Waals surface area contributed by atoms with Gasteiger partial charge < -0.3 is 4.90 Å². The van der Waals surface area contributed by atoms with Gasteiger partial charge in [0, 0.05) is 11.6 Å². The number of amides is 1. The lowest BCUT2D eigenvalue weighted by Gasteiger charge is -2.31. The van der Waals surface area contributed by atoms with Gasteiger partial charge in [-0.2, -0.15) is 18.4 Å². The number of aromatic nitrogens is 1. The summed E-state index contributed by atoms with van der Waals surface area (Å²) in [6, 6.07) is 10.9. The maximum atomic E-state index is 12.6. The van der Waals surface area contributed by atoms with Crippen LogP contribution >= 0.6 is 0 Å². The zero-order valence-corrected chi connectivity index (χ0v) is 13.8. The van der Waals surface area contributed by atoms with E-state index in [-0.39, 0.29) is 5.91 Å². The molecule has 0 atom stereocenters. The van der Waals surface area contributed by atoms with Gasteiger partial charge >= 0.3 is 6.18 Å². The summed E-state index contributed by atoms with van der Waals surface area (Å²) in [4.78, 5) is 18.8. The predicted molar refractivity (Wildman–Crippen MR) is 87.3 cm³/mol. The lowest BCUT2D eigenvalue weighted by Crippen LogP contribution is -2.50. The van der Waals surface area contributed by atoms with Crippen LogP contribution in [0.25, 0.3) is 0 Å². The van der Waals surface area contributed by atoms with Crippen molar-refractivity contribution in [3.63, 3.8) is 0 Å². The second-order valence-corrected chi connectivity index (χ2v) is 5.93. The summed E-state index contributed by atoms with van der Waals surface area (Å²) < 4.78 is 37.8. The van der Waals surface area contributed by atoms with Crippen LogP contribution in [0.3, 0.4) is 0 Å². The standard InChI is InChI=1S/C18H15F3N4O/c19-18(20,21)15-5-6-16(23-12-15)24-7-9-25(10-8-24)17(26)14-3-1-13(11-22)2-4-14/h1-6,12H,7-10H2/p+1. The number of piperazine rings is 1. The zero-order chi connectivity index (χ0) is 18.7. The highest BCUT2D eigenvalue weighted by molar-refractivity contribution is 5.94. The topological polar surface area (TPSA) is 61.5 Å². The number of pyridine rings is 1. The van der Waals surface area contributed by atoms with Crippen molar-refractivity contribution < 1.29 is 22.9 Å². The SMILES string of the molecule is N#Cc1ccc(C(=O)N2CCN(c3ccc(C(F)(F)F)c[nH+]3)CC2)cc1. The Bertz CT molecular complexity index is 818. The van der Waals surface area contributed by atoms with Gasteiger partial charge in [0.25, 0.3) is 11.7 Å². The van der Waals surface area contributed by atoms with Crippen LogP contribution < -0.4 is 9.88 Å². The number of hydrogen-bond donors (Lipinski definition) is 0. The smallest absolute Gasteiger partial charge is 0.331 e. The molecule has 0 bridgehead atoms. The monoisotopic (exact) mass is 361 g/mol. The van der Waals surface area contributed by atoms with E-state index in [4.69, 9.17) is 5.26 Å². The highest BCUT2D eigenvalue weighted by Gasteiger charge is 2.33. The first kappa shape index (κ1) is 17.7. The van der Waals surface area contributed by atoms with Crippen LogP contribution in [0.1, 0.15) is 21.5 Å². The molecule has 134 valence electrons. The number of aromatic amines is 1. The third-order valence-electron chi connectivity index (χ3n) is 4.29. The van der Waals surface area contributed by atoms with E-state index in [2.05, 4.69) is 4.98 Å². The number of alkyl halides is 3. The van der Waals surface area contributed by atoms with E-state index in [9.17, 15) is 18.0 Å². The fraction of sp³-hybridized carbons (Fsp3) is 0.278. The first-order chi connectivity index (χ1) is 12.4. The molecule has 1 N–H and O–H groups in total. The molecule has 1 aliphatic rings. The highest BCUT2D eigenvalue weighted by Crippen LogP contribution is 2.28. The third kappa shape index (κ3) is 3.77. The molecule has 8 heteroatoms. The third-order valence-corrected chi connectivity index (χ3v) is 4.29. The summed E-state index contributed by atoms with van der Waals surface area (Å²) in [5.74, 6) is 0.467. The molecule has 1 aromatic carbocycles. The van der Waals surface area contributed by atoms with Crippen LogP contribution in [0.2, 0.25) is 0 Å². The lowest BCUT2D eigenvalue weighted by atomic mass is 10.1. The molecule has 1 amide bonds. The Morgan fingerprint density at radius 2 is 1.69 bits per heavy atom. The molecule has 0 unspecified atom stereocenters. The Morgan fingerprint density at radius 3 is 2.19 bits per heavy atom. The van der Waals surface area contributed by atoms with Gasteiger partial charge in [-0.05, 0) is 30.3 Å². The summed E-state index contributed by atoms with van der Waals surface area (Å²) in [7, 11) is 0. The van der Waals surface area contributed by atoms with Gasteiger partial charge in [-0.3, -0.25) is 9.69 Å². The minimum atomic E-state index is -4.37. The molecule has 0 spiro atoms. The molecular weight excluding hydrogens is 345 g/mol. The maximum absolute atomic E-state index is 12.6. The number of halogens is 3. The Morgan fingerprint density at radius 1 is 1.04 bits per heavy atom. The van der Waals surface area contributed by atoms with Crippen LogP contribution in [0.4, 0.5) is 19.0 Å². The van der Waals surface area contributed by atoms with Crippen molar-refractivity contribution in [3.05, 3.63) is 59.3 Å². The number of nitrogens with one attached hydrogen (secondary N) is 1. The van der Waals surface area contributed by atoms with Gasteiger partial charge in [0.1, 0.15) is 19.3 Å². The molecule has 3 rings (SSSR count). The number of benzene rings is 1. The molecule has 2 aromatic rings. The first-order valence-corrected chi connectivity index (χ1v) is 8.02. The van der Waals surface area contributed by atoms with Crippen molar-refractivity contribution in [2.75, 3.05) is 31.1 Å². The maximum Gasteiger partial charge on any atom is 0.419 e. The number of carbonyl (C=O) groups is 1. The zero-order valence-electron chi connectivity index (χ0n) is 13.8. The molecule has 0 aliphatic carbocycles. The Balaban J connectivity index is 1.61. The van der Waals surface area contributed by atoms with Crippen molar-refractivity contribution in [1.29, 1.82) is 5.26 Å². The van der Waals surface area contributed by atoms with Gasteiger partial charge in [-0.1, -0.05) is 0 Å². The van der Waals surface area contributed by atoms with Crippen LogP contribution in [-0.2, 0) is 6.18 Å². The lowest BCUT2D eigenvalue weighted by molar-refractivity contribution is -0.367. The van der Waals surface area contributed by atoms with E-state index in [0.29, 0.717) is 43.1 Å². The number of rotatable bonds is 2. The molecule has 0 radical (unpaired) electrons. The van der Waals surface area contributed by atoms with E-state index in [1.807, 2.05) is 11.0 Å². The average molecular weight is 361 g/mol. The van der Waals surface area contributed by atoms with Crippen LogP contribution in [0, 0.1) is 11.3 Å². The van der Waals surface area contributed by atoms with Crippen molar-refractivity contribution >= 4 is 11.7 Å². The van der Waals surface area contributed by atoms with Gasteiger partial charge in [-0.25, -0.2) is 4.98 Å². The van der Waals surface area contributed by atoms with Crippen LogP contribution in [0.15, 0.2) is 42.6 Å². The summed E-state index contributed by atoms with van der Waals surface area (Å²) >= 11 is 0. The predicted octanol–water partition coefficient (Wildman–Crippen LogP) is 2.35. The largest absolute Gasteiger partial charge is 0.419 e. The van der Waals surface area contributed by atoms with Crippen molar-refractivity contribution in [2.24, 2.45) is 0 Å². The van der Waals surface area contributed by atoms with Crippen molar-refractivity contribution in [2.45, 2.75) is 6.18 Å². The molecular formula is C18H16F3N4O+. The summed E-state index contributed by atoms with van der Waals surface area (Å²) in [5.41, 5.74) is 0.277. The van der Waals surface area contributed by atoms with E-state index in [1.54, 1.807) is 29.2 Å². The molecule has 1 aliphatic heterocycles. The van der Waals surface area contributed by atoms with Crippen LogP contribution in [-0.4, -0.2) is 37.0 Å². The van der Waals surface area contributed by atoms with E-state index in [1.165, 1.54) is 6.07 Å². The van der Waals surface area contributed by atoms with Crippen LogP contribution in [0.5, 0.6) is 0 Å². The second kappa shape index (κ2) is 7.04. The number of nitrogens with zero attached hydrogens (tertiary/aromatic N) is 3. The molecule has 5 nitrogen and oxygen atoms in total. The number of anilines is 1. The van der Waals surface area contributed by atoms with Crippen molar-refractivity contribution in [1.82, 2.24) is 4.90 Å². The van der Waals surface area contributed by atoms with Gasteiger partial charge in [0.15, 0.2) is 0 Å². The summed E-state index contributed by atoms with van der Waals surface area (Å²) in [6.07, 6.45) is -3.43. The first-order valence-electron chi connectivity index (χ1n) is 8.02.